The molecule has 2 amide bonds. The molecule has 8 nitrogen and oxygen atoms in total. The number of benzene rings is 1. The van der Waals surface area contributed by atoms with Gasteiger partial charge in [-0.05, 0) is 24.9 Å². The number of likely N-dealkylation sites (tertiary alicyclic amines) is 2. The minimum atomic E-state index is -0.590. The van der Waals surface area contributed by atoms with Crippen LogP contribution in [0.4, 0.5) is 0 Å². The maximum atomic E-state index is 13.0. The molecule has 1 atom stereocenters. The molecule has 2 N–H and O–H groups in total. The highest BCUT2D eigenvalue weighted by molar-refractivity contribution is 5.90. The number of hydrogen-bond acceptors (Lipinski definition) is 5. The summed E-state index contributed by atoms with van der Waals surface area (Å²) in [6, 6.07) is 10.3. The van der Waals surface area contributed by atoms with E-state index in [-0.39, 0.29) is 23.7 Å². The van der Waals surface area contributed by atoms with Crippen molar-refractivity contribution >= 4 is 11.8 Å². The van der Waals surface area contributed by atoms with Gasteiger partial charge in [0.1, 0.15) is 0 Å². The molecule has 142 valence electrons. The highest BCUT2D eigenvalue weighted by Crippen LogP contribution is 2.26. The van der Waals surface area contributed by atoms with Crippen LogP contribution in [0.15, 0.2) is 36.5 Å². The maximum Gasteiger partial charge on any atom is 0.270 e. The third-order valence-corrected chi connectivity index (χ3v) is 5.44. The van der Waals surface area contributed by atoms with Crippen LogP contribution < -0.4 is 5.73 Å². The Morgan fingerprint density at radius 1 is 1.15 bits per heavy atom. The fourth-order valence-electron chi connectivity index (χ4n) is 3.86. The molecule has 1 unspecified atom stereocenters. The van der Waals surface area contributed by atoms with Crippen LogP contribution in [0.1, 0.15) is 41.4 Å². The lowest BCUT2D eigenvalue weighted by Gasteiger charge is -2.44. The minimum Gasteiger partial charge on any atom is -0.364 e. The normalized spacial score (nSPS) is 21.0. The maximum absolute atomic E-state index is 13.0. The molecule has 4 rings (SSSR count). The van der Waals surface area contributed by atoms with Crippen LogP contribution in [0.5, 0.6) is 0 Å². The molecule has 2 aromatic rings. The lowest BCUT2D eigenvalue weighted by Crippen LogP contribution is -2.58. The van der Waals surface area contributed by atoms with Crippen molar-refractivity contribution < 1.29 is 9.59 Å². The Bertz CT molecular complexity index is 815. The summed E-state index contributed by atoms with van der Waals surface area (Å²) in [7, 11) is 0. The summed E-state index contributed by atoms with van der Waals surface area (Å²) >= 11 is 0. The van der Waals surface area contributed by atoms with E-state index in [1.165, 1.54) is 5.56 Å². The van der Waals surface area contributed by atoms with Crippen LogP contribution in [-0.4, -0.2) is 62.3 Å². The first-order valence-electron chi connectivity index (χ1n) is 9.40. The summed E-state index contributed by atoms with van der Waals surface area (Å²) < 4.78 is 1.63. The first-order chi connectivity index (χ1) is 13.1. The lowest BCUT2D eigenvalue weighted by molar-refractivity contribution is -0.144. The van der Waals surface area contributed by atoms with Crippen LogP contribution in [0.2, 0.25) is 0 Å². The molecule has 3 heterocycles. The Balaban J connectivity index is 1.37. The number of amides is 2. The van der Waals surface area contributed by atoms with Crippen molar-refractivity contribution in [3.8, 4) is 0 Å². The zero-order chi connectivity index (χ0) is 18.8. The van der Waals surface area contributed by atoms with Crippen molar-refractivity contribution in [2.75, 3.05) is 19.6 Å². The van der Waals surface area contributed by atoms with Gasteiger partial charge in [0.25, 0.3) is 5.91 Å². The van der Waals surface area contributed by atoms with Crippen molar-refractivity contribution in [2.45, 2.75) is 37.9 Å². The van der Waals surface area contributed by atoms with Gasteiger partial charge in [-0.2, -0.15) is 0 Å². The van der Waals surface area contributed by atoms with Gasteiger partial charge in [-0.15, -0.1) is 5.10 Å². The van der Waals surface area contributed by atoms with Crippen molar-refractivity contribution in [1.29, 1.82) is 0 Å². The van der Waals surface area contributed by atoms with E-state index in [0.717, 1.165) is 32.4 Å². The Labute approximate surface area is 157 Å². The van der Waals surface area contributed by atoms with Gasteiger partial charge in [0, 0.05) is 19.6 Å². The summed E-state index contributed by atoms with van der Waals surface area (Å²) in [5, 5.41) is 7.72. The van der Waals surface area contributed by atoms with Gasteiger partial charge in [0.05, 0.1) is 18.3 Å². The number of nitrogens with zero attached hydrogens (tertiary/aromatic N) is 5. The zero-order valence-corrected chi connectivity index (χ0v) is 15.2. The highest BCUT2D eigenvalue weighted by Gasteiger charge is 2.39. The average molecular weight is 368 g/mol. The lowest BCUT2D eigenvalue weighted by atomic mass is 9.97. The SMILES string of the molecule is NC(=O)c1cn(C2CN(C(=O)C3CCCCN3Cc3ccccc3)C2)nn1. The molecule has 2 fully saturated rings. The second-order valence-corrected chi connectivity index (χ2v) is 7.31. The highest BCUT2D eigenvalue weighted by atomic mass is 16.2. The molecule has 0 spiro atoms. The molecule has 27 heavy (non-hydrogen) atoms. The van der Waals surface area contributed by atoms with Gasteiger partial charge in [0.2, 0.25) is 5.91 Å². The molecule has 0 bridgehead atoms. The Morgan fingerprint density at radius 2 is 1.93 bits per heavy atom. The summed E-state index contributed by atoms with van der Waals surface area (Å²) in [5.74, 6) is -0.399. The van der Waals surface area contributed by atoms with Crippen LogP contribution in [0, 0.1) is 0 Å². The molecule has 1 aromatic heterocycles. The van der Waals surface area contributed by atoms with Gasteiger partial charge in [0.15, 0.2) is 5.69 Å². The van der Waals surface area contributed by atoms with Gasteiger partial charge in [-0.25, -0.2) is 4.68 Å². The van der Waals surface area contributed by atoms with Crippen LogP contribution >= 0.6 is 0 Å². The third-order valence-electron chi connectivity index (χ3n) is 5.44. The van der Waals surface area contributed by atoms with E-state index in [1.54, 1.807) is 10.9 Å². The van der Waals surface area contributed by atoms with E-state index >= 15 is 0 Å². The Hall–Kier alpha value is -2.74. The number of carbonyl (C=O) groups excluding carboxylic acids is 2. The topological polar surface area (TPSA) is 97.4 Å². The van der Waals surface area contributed by atoms with E-state index in [0.29, 0.717) is 13.1 Å². The first-order valence-corrected chi connectivity index (χ1v) is 9.40. The summed E-state index contributed by atoms with van der Waals surface area (Å²) in [6.07, 6.45) is 4.68. The monoisotopic (exact) mass is 368 g/mol. The van der Waals surface area contributed by atoms with Crippen molar-refractivity contribution in [3.63, 3.8) is 0 Å². The quantitative estimate of drug-likeness (QED) is 0.842. The molecule has 2 aliphatic heterocycles. The van der Waals surface area contributed by atoms with Gasteiger partial charge < -0.3 is 10.6 Å². The predicted octanol–water partition coefficient (Wildman–Crippen LogP) is 0.815. The summed E-state index contributed by atoms with van der Waals surface area (Å²) in [6.45, 7) is 2.94. The number of carbonyl (C=O) groups is 2. The third kappa shape index (κ3) is 3.71. The van der Waals surface area contributed by atoms with Gasteiger partial charge >= 0.3 is 0 Å². The second kappa shape index (κ2) is 7.48. The van der Waals surface area contributed by atoms with Gasteiger partial charge in [-0.1, -0.05) is 42.0 Å². The molecule has 2 aliphatic rings. The summed E-state index contributed by atoms with van der Waals surface area (Å²) in [5.41, 5.74) is 6.60. The number of rotatable bonds is 5. The smallest absolute Gasteiger partial charge is 0.270 e. The fraction of sp³-hybridized carbons (Fsp3) is 0.474. The number of primary amides is 1. The van der Waals surface area contributed by atoms with Crippen molar-refractivity contribution in [2.24, 2.45) is 5.73 Å². The molecular weight excluding hydrogens is 344 g/mol. The molecule has 1 aromatic carbocycles. The largest absolute Gasteiger partial charge is 0.364 e. The van der Waals surface area contributed by atoms with E-state index < -0.39 is 5.91 Å². The Morgan fingerprint density at radius 3 is 2.63 bits per heavy atom. The number of hydrogen-bond donors (Lipinski definition) is 1. The predicted molar refractivity (Wildman–Crippen MR) is 98.6 cm³/mol. The van der Waals surface area contributed by atoms with E-state index in [1.807, 2.05) is 23.1 Å². The van der Waals surface area contributed by atoms with Crippen LogP contribution in [-0.2, 0) is 11.3 Å². The minimum absolute atomic E-state index is 0.0562. The van der Waals surface area contributed by atoms with Crippen LogP contribution in [0.3, 0.4) is 0 Å². The summed E-state index contributed by atoms with van der Waals surface area (Å²) in [4.78, 5) is 28.4. The molecule has 0 radical (unpaired) electrons. The standard InChI is InChI=1S/C19H24N6O2/c20-18(26)16-13-25(22-21-16)15-11-24(12-15)19(27)17-8-4-5-9-23(17)10-14-6-2-1-3-7-14/h1-3,6-7,13,15,17H,4-5,8-12H2,(H2,20,26). The van der Waals surface area contributed by atoms with E-state index in [9.17, 15) is 9.59 Å². The van der Waals surface area contributed by atoms with Gasteiger partial charge in [-0.3, -0.25) is 14.5 Å². The van der Waals surface area contributed by atoms with E-state index in [4.69, 9.17) is 5.73 Å². The van der Waals surface area contributed by atoms with Crippen molar-refractivity contribution in [1.82, 2.24) is 24.8 Å². The van der Waals surface area contributed by atoms with Crippen LogP contribution in [0.25, 0.3) is 0 Å². The second-order valence-electron chi connectivity index (χ2n) is 7.31. The molecule has 0 saturated carbocycles. The first kappa shape index (κ1) is 17.7. The molecule has 2 saturated heterocycles. The number of nitrogens with two attached hydrogens (primary N) is 1. The zero-order valence-electron chi connectivity index (χ0n) is 15.2. The fourth-order valence-corrected chi connectivity index (χ4v) is 3.86. The number of piperidine rings is 1. The number of aromatic nitrogens is 3. The molecule has 0 aliphatic carbocycles. The van der Waals surface area contributed by atoms with E-state index in [2.05, 4.69) is 27.3 Å². The Kier molecular flexibility index (Phi) is 4.89. The molecular formula is C19H24N6O2. The average Bonchev–Trinajstić information content (AvgIpc) is 3.12. The van der Waals surface area contributed by atoms with Crippen molar-refractivity contribution in [3.05, 3.63) is 47.8 Å². The molecule has 8 heteroatoms.